The van der Waals surface area contributed by atoms with Crippen molar-refractivity contribution in [3.63, 3.8) is 0 Å². The second-order valence-corrected chi connectivity index (χ2v) is 4.55. The zero-order valence-corrected chi connectivity index (χ0v) is 10.4. The van der Waals surface area contributed by atoms with E-state index >= 15 is 0 Å². The van der Waals surface area contributed by atoms with E-state index in [0.29, 0.717) is 17.6 Å². The number of hydrogen-bond donors (Lipinski definition) is 1. The van der Waals surface area contributed by atoms with Crippen molar-refractivity contribution in [2.24, 2.45) is 13.0 Å². The van der Waals surface area contributed by atoms with E-state index in [1.165, 1.54) is 0 Å². The van der Waals surface area contributed by atoms with Gasteiger partial charge in [-0.25, -0.2) is 9.97 Å². The summed E-state index contributed by atoms with van der Waals surface area (Å²) in [5.74, 6) is 1.69. The molecule has 0 aliphatic rings. The van der Waals surface area contributed by atoms with Crippen molar-refractivity contribution in [3.8, 4) is 11.5 Å². The monoisotopic (exact) mass is 231 g/mol. The second-order valence-electron chi connectivity index (χ2n) is 4.55. The number of nitrogen functional groups attached to an aromatic ring is 1. The Morgan fingerprint density at radius 1 is 1.35 bits per heavy atom. The average molecular weight is 231 g/mol. The van der Waals surface area contributed by atoms with Crippen LogP contribution in [0.25, 0.3) is 11.5 Å². The van der Waals surface area contributed by atoms with Gasteiger partial charge in [0.05, 0.1) is 0 Å². The molecule has 0 atom stereocenters. The van der Waals surface area contributed by atoms with Crippen molar-refractivity contribution in [1.29, 1.82) is 0 Å². The van der Waals surface area contributed by atoms with Crippen LogP contribution in [0.4, 0.5) is 5.82 Å². The third kappa shape index (κ3) is 2.61. The lowest BCUT2D eigenvalue weighted by Crippen LogP contribution is -2.05. The topological polar surface area (TPSA) is 69.6 Å². The van der Waals surface area contributed by atoms with E-state index in [1.807, 2.05) is 19.2 Å². The number of anilines is 1. The van der Waals surface area contributed by atoms with Gasteiger partial charge in [-0.1, -0.05) is 13.8 Å². The number of aryl methyl sites for hydroxylation is 1. The third-order valence-electron chi connectivity index (χ3n) is 2.47. The maximum Gasteiger partial charge on any atom is 0.180 e. The van der Waals surface area contributed by atoms with Crippen LogP contribution in [0.1, 0.15) is 19.5 Å². The summed E-state index contributed by atoms with van der Waals surface area (Å²) in [6, 6.07) is 3.72. The van der Waals surface area contributed by atoms with Gasteiger partial charge in [-0.15, -0.1) is 0 Å². The minimum atomic E-state index is 0.506. The summed E-state index contributed by atoms with van der Waals surface area (Å²) in [4.78, 5) is 8.78. The molecule has 5 nitrogen and oxygen atoms in total. The number of aromatic nitrogens is 4. The number of rotatable bonds is 3. The van der Waals surface area contributed by atoms with Gasteiger partial charge in [-0.3, -0.25) is 4.68 Å². The highest BCUT2D eigenvalue weighted by atomic mass is 15.3. The number of nitrogens with two attached hydrogens (primary N) is 1. The quantitative estimate of drug-likeness (QED) is 0.872. The Kier molecular flexibility index (Phi) is 3.08. The molecule has 0 saturated heterocycles. The lowest BCUT2D eigenvalue weighted by molar-refractivity contribution is 0.634. The number of hydrogen-bond acceptors (Lipinski definition) is 4. The molecule has 0 spiro atoms. The van der Waals surface area contributed by atoms with Crippen LogP contribution in [0, 0.1) is 5.92 Å². The van der Waals surface area contributed by atoms with Crippen molar-refractivity contribution >= 4 is 5.82 Å². The minimum absolute atomic E-state index is 0.506. The highest BCUT2D eigenvalue weighted by Gasteiger charge is 2.09. The molecule has 0 bridgehead atoms. The summed E-state index contributed by atoms with van der Waals surface area (Å²) < 4.78 is 1.74. The standard InChI is InChI=1S/C12H17N5/c1-8(2)6-9-7-11(13)16-12(15-9)10-4-5-14-17(10)3/h4-5,7-8H,6H2,1-3H3,(H2,13,15,16). The van der Waals surface area contributed by atoms with Crippen LogP contribution >= 0.6 is 0 Å². The fourth-order valence-corrected chi connectivity index (χ4v) is 1.75. The maximum atomic E-state index is 5.81. The summed E-state index contributed by atoms with van der Waals surface area (Å²) in [5.41, 5.74) is 7.66. The SMILES string of the molecule is CC(C)Cc1cc(N)nc(-c2ccnn2C)n1. The summed E-state index contributed by atoms with van der Waals surface area (Å²) in [6.07, 6.45) is 2.63. The van der Waals surface area contributed by atoms with E-state index in [0.717, 1.165) is 17.8 Å². The molecule has 90 valence electrons. The van der Waals surface area contributed by atoms with Crippen molar-refractivity contribution < 1.29 is 0 Å². The van der Waals surface area contributed by atoms with Gasteiger partial charge in [0, 0.05) is 25.0 Å². The smallest absolute Gasteiger partial charge is 0.180 e. The Hall–Kier alpha value is -1.91. The van der Waals surface area contributed by atoms with Crippen molar-refractivity contribution in [3.05, 3.63) is 24.0 Å². The molecular formula is C12H17N5. The molecule has 0 radical (unpaired) electrons. The van der Waals surface area contributed by atoms with Crippen LogP contribution in [-0.4, -0.2) is 19.7 Å². The molecule has 0 aromatic carbocycles. The van der Waals surface area contributed by atoms with Gasteiger partial charge < -0.3 is 5.73 Å². The van der Waals surface area contributed by atoms with Gasteiger partial charge in [0.1, 0.15) is 11.5 Å². The van der Waals surface area contributed by atoms with Gasteiger partial charge >= 0.3 is 0 Å². The largest absolute Gasteiger partial charge is 0.384 e. The Morgan fingerprint density at radius 3 is 2.71 bits per heavy atom. The molecule has 2 rings (SSSR count). The first kappa shape index (κ1) is 11.6. The van der Waals surface area contributed by atoms with Gasteiger partial charge in [-0.2, -0.15) is 5.10 Å². The molecule has 0 amide bonds. The molecular weight excluding hydrogens is 214 g/mol. The molecule has 0 unspecified atom stereocenters. The first-order chi connectivity index (χ1) is 8.06. The van der Waals surface area contributed by atoms with Gasteiger partial charge in [0.2, 0.25) is 0 Å². The molecule has 0 saturated carbocycles. The Balaban J connectivity index is 2.42. The van der Waals surface area contributed by atoms with E-state index in [4.69, 9.17) is 5.73 Å². The lowest BCUT2D eigenvalue weighted by atomic mass is 10.1. The molecule has 0 fully saturated rings. The number of nitrogens with zero attached hydrogens (tertiary/aromatic N) is 4. The highest BCUT2D eigenvalue weighted by molar-refractivity contribution is 5.52. The van der Waals surface area contributed by atoms with Gasteiger partial charge in [0.15, 0.2) is 5.82 Å². The van der Waals surface area contributed by atoms with Crippen LogP contribution in [0.15, 0.2) is 18.3 Å². The minimum Gasteiger partial charge on any atom is -0.384 e. The maximum absolute atomic E-state index is 5.81. The Bertz CT molecular complexity index is 515. The fourth-order valence-electron chi connectivity index (χ4n) is 1.75. The first-order valence-corrected chi connectivity index (χ1v) is 5.68. The highest BCUT2D eigenvalue weighted by Crippen LogP contribution is 2.17. The Labute approximate surface area is 101 Å². The molecule has 2 aromatic heterocycles. The second kappa shape index (κ2) is 4.53. The molecule has 2 heterocycles. The zero-order valence-electron chi connectivity index (χ0n) is 10.4. The molecule has 17 heavy (non-hydrogen) atoms. The molecule has 0 aliphatic carbocycles. The first-order valence-electron chi connectivity index (χ1n) is 5.68. The molecule has 2 N–H and O–H groups in total. The van der Waals surface area contributed by atoms with Crippen molar-refractivity contribution in [2.45, 2.75) is 20.3 Å². The lowest BCUT2D eigenvalue weighted by Gasteiger charge is -2.07. The molecule has 0 aliphatic heterocycles. The van der Waals surface area contributed by atoms with Crippen LogP contribution in [0.2, 0.25) is 0 Å². The zero-order chi connectivity index (χ0) is 12.4. The normalized spacial score (nSPS) is 11.1. The molecule has 2 aromatic rings. The summed E-state index contributed by atoms with van der Waals surface area (Å²) >= 11 is 0. The van der Waals surface area contributed by atoms with Crippen LogP contribution in [-0.2, 0) is 13.5 Å². The summed E-state index contributed by atoms with van der Waals surface area (Å²) in [5, 5.41) is 4.11. The molecule has 5 heteroatoms. The Morgan fingerprint density at radius 2 is 2.12 bits per heavy atom. The van der Waals surface area contributed by atoms with Crippen LogP contribution in [0.5, 0.6) is 0 Å². The fraction of sp³-hybridized carbons (Fsp3) is 0.417. The summed E-state index contributed by atoms with van der Waals surface area (Å²) in [7, 11) is 1.87. The van der Waals surface area contributed by atoms with Crippen LogP contribution < -0.4 is 5.73 Å². The predicted molar refractivity (Wildman–Crippen MR) is 67.2 cm³/mol. The van der Waals surface area contributed by atoms with Crippen molar-refractivity contribution in [1.82, 2.24) is 19.7 Å². The van der Waals surface area contributed by atoms with E-state index in [1.54, 1.807) is 10.9 Å². The van der Waals surface area contributed by atoms with Gasteiger partial charge in [0.25, 0.3) is 0 Å². The van der Waals surface area contributed by atoms with E-state index in [-0.39, 0.29) is 0 Å². The van der Waals surface area contributed by atoms with E-state index in [2.05, 4.69) is 28.9 Å². The van der Waals surface area contributed by atoms with E-state index < -0.39 is 0 Å². The van der Waals surface area contributed by atoms with Gasteiger partial charge in [-0.05, 0) is 18.4 Å². The van der Waals surface area contributed by atoms with Crippen LogP contribution in [0.3, 0.4) is 0 Å². The average Bonchev–Trinajstić information content (AvgIpc) is 2.62. The third-order valence-corrected chi connectivity index (χ3v) is 2.47. The predicted octanol–water partition coefficient (Wildman–Crippen LogP) is 1.66. The van der Waals surface area contributed by atoms with Crippen molar-refractivity contribution in [2.75, 3.05) is 5.73 Å². The van der Waals surface area contributed by atoms with E-state index in [9.17, 15) is 0 Å². The summed E-state index contributed by atoms with van der Waals surface area (Å²) in [6.45, 7) is 4.31.